The number of hydrogen-bond donors (Lipinski definition) is 3. The lowest BCUT2D eigenvalue weighted by Gasteiger charge is -2.15. The summed E-state index contributed by atoms with van der Waals surface area (Å²) in [5.74, 6) is -0.378. The zero-order valence-electron chi connectivity index (χ0n) is 10.2. The van der Waals surface area contributed by atoms with Crippen molar-refractivity contribution < 1.29 is 14.7 Å². The topological polar surface area (TPSA) is 78.4 Å². The molecule has 1 aromatic carbocycles. The van der Waals surface area contributed by atoms with Gasteiger partial charge >= 0.3 is 0 Å². The molecule has 2 rings (SSSR count). The third kappa shape index (κ3) is 3.68. The monoisotopic (exact) mass is 282 g/mol. The van der Waals surface area contributed by atoms with Gasteiger partial charge in [-0.1, -0.05) is 23.7 Å². The van der Waals surface area contributed by atoms with Crippen LogP contribution < -0.4 is 10.6 Å². The molecule has 0 bridgehead atoms. The first-order chi connectivity index (χ1) is 9.06. The molecule has 1 heterocycles. The van der Waals surface area contributed by atoms with Crippen molar-refractivity contribution in [2.75, 3.05) is 6.54 Å². The lowest BCUT2D eigenvalue weighted by atomic mass is 10.1. The van der Waals surface area contributed by atoms with Crippen LogP contribution in [0.1, 0.15) is 24.5 Å². The van der Waals surface area contributed by atoms with E-state index in [9.17, 15) is 14.7 Å². The van der Waals surface area contributed by atoms with E-state index in [1.54, 1.807) is 24.3 Å². The van der Waals surface area contributed by atoms with Crippen molar-refractivity contribution in [3.63, 3.8) is 0 Å². The molecule has 19 heavy (non-hydrogen) atoms. The zero-order valence-corrected chi connectivity index (χ0v) is 11.0. The van der Waals surface area contributed by atoms with Crippen LogP contribution in [0.25, 0.3) is 0 Å². The molecule has 1 fully saturated rings. The Balaban J connectivity index is 1.83. The number of rotatable bonds is 4. The van der Waals surface area contributed by atoms with E-state index < -0.39 is 12.1 Å². The minimum absolute atomic E-state index is 0.104. The van der Waals surface area contributed by atoms with Crippen molar-refractivity contribution in [1.29, 1.82) is 0 Å². The lowest BCUT2D eigenvalue weighted by molar-refractivity contribution is -0.126. The highest BCUT2D eigenvalue weighted by Gasteiger charge is 2.27. The molecular formula is C13H15ClN2O3. The van der Waals surface area contributed by atoms with Crippen molar-refractivity contribution in [1.82, 2.24) is 10.6 Å². The standard InChI is InChI=1S/C13H15ClN2O3/c14-9-3-1-8(2-4-9)11(17)7-15-13(19)10-5-6-12(18)16-10/h1-4,10-11,17H,5-7H2,(H,15,19)(H,16,18). The normalized spacial score (nSPS) is 19.9. The maximum atomic E-state index is 11.7. The Kier molecular flexibility index (Phi) is 4.39. The van der Waals surface area contributed by atoms with Gasteiger partial charge in [0.2, 0.25) is 11.8 Å². The number of aliphatic hydroxyl groups excluding tert-OH is 1. The number of benzene rings is 1. The summed E-state index contributed by atoms with van der Waals surface area (Å²) in [7, 11) is 0. The van der Waals surface area contributed by atoms with E-state index in [1.165, 1.54) is 0 Å². The molecule has 1 aromatic rings. The summed E-state index contributed by atoms with van der Waals surface area (Å²) in [5, 5.41) is 15.7. The largest absolute Gasteiger partial charge is 0.387 e. The number of aliphatic hydroxyl groups is 1. The molecule has 2 unspecified atom stereocenters. The molecular weight excluding hydrogens is 268 g/mol. The average Bonchev–Trinajstić information content (AvgIpc) is 2.83. The quantitative estimate of drug-likeness (QED) is 0.763. The molecule has 5 nitrogen and oxygen atoms in total. The van der Waals surface area contributed by atoms with E-state index in [2.05, 4.69) is 10.6 Å². The molecule has 1 saturated heterocycles. The molecule has 1 aliphatic rings. The number of carbonyl (C=O) groups is 2. The summed E-state index contributed by atoms with van der Waals surface area (Å²) in [6.45, 7) is 0.104. The number of amides is 2. The van der Waals surface area contributed by atoms with Gasteiger partial charge in [-0.05, 0) is 24.1 Å². The van der Waals surface area contributed by atoms with Gasteiger partial charge in [0.25, 0.3) is 0 Å². The fraction of sp³-hybridized carbons (Fsp3) is 0.385. The van der Waals surface area contributed by atoms with Crippen LogP contribution in [0.4, 0.5) is 0 Å². The van der Waals surface area contributed by atoms with Crippen molar-refractivity contribution >= 4 is 23.4 Å². The lowest BCUT2D eigenvalue weighted by Crippen LogP contribution is -2.42. The van der Waals surface area contributed by atoms with Gasteiger partial charge in [-0.2, -0.15) is 0 Å². The van der Waals surface area contributed by atoms with Gasteiger partial charge in [0, 0.05) is 18.0 Å². The van der Waals surface area contributed by atoms with E-state index in [4.69, 9.17) is 11.6 Å². The van der Waals surface area contributed by atoms with Gasteiger partial charge in [0.05, 0.1) is 6.10 Å². The predicted octanol–water partition coefficient (Wildman–Crippen LogP) is 0.768. The smallest absolute Gasteiger partial charge is 0.242 e. The fourth-order valence-corrected chi connectivity index (χ4v) is 2.06. The van der Waals surface area contributed by atoms with Crippen LogP contribution in [-0.2, 0) is 9.59 Å². The minimum Gasteiger partial charge on any atom is -0.387 e. The third-order valence-corrected chi connectivity index (χ3v) is 3.29. The molecule has 0 radical (unpaired) electrons. The van der Waals surface area contributed by atoms with E-state index in [1.807, 2.05) is 0 Å². The number of carbonyl (C=O) groups excluding carboxylic acids is 2. The highest BCUT2D eigenvalue weighted by molar-refractivity contribution is 6.30. The fourth-order valence-electron chi connectivity index (χ4n) is 1.93. The minimum atomic E-state index is -0.793. The second kappa shape index (κ2) is 6.04. The van der Waals surface area contributed by atoms with E-state index in [0.717, 1.165) is 0 Å². The molecule has 0 saturated carbocycles. The molecule has 102 valence electrons. The molecule has 0 aromatic heterocycles. The number of nitrogens with one attached hydrogen (secondary N) is 2. The molecule has 0 aliphatic carbocycles. The highest BCUT2D eigenvalue weighted by atomic mass is 35.5. The van der Waals surface area contributed by atoms with Crippen LogP contribution in [0.2, 0.25) is 5.02 Å². The zero-order chi connectivity index (χ0) is 13.8. The van der Waals surface area contributed by atoms with E-state index >= 15 is 0 Å². The van der Waals surface area contributed by atoms with Crippen molar-refractivity contribution in [2.45, 2.75) is 25.0 Å². The van der Waals surface area contributed by atoms with Gasteiger partial charge in [-0.15, -0.1) is 0 Å². The Morgan fingerprint density at radius 3 is 2.74 bits per heavy atom. The summed E-state index contributed by atoms with van der Waals surface area (Å²) in [5.41, 5.74) is 0.681. The Morgan fingerprint density at radius 2 is 2.16 bits per heavy atom. The molecule has 0 spiro atoms. The van der Waals surface area contributed by atoms with Crippen LogP contribution >= 0.6 is 11.6 Å². The van der Waals surface area contributed by atoms with Crippen LogP contribution in [0.5, 0.6) is 0 Å². The van der Waals surface area contributed by atoms with Crippen molar-refractivity contribution in [3.05, 3.63) is 34.9 Å². The summed E-state index contributed by atoms with van der Waals surface area (Å²) in [4.78, 5) is 22.7. The molecule has 2 amide bonds. The first-order valence-electron chi connectivity index (χ1n) is 6.07. The van der Waals surface area contributed by atoms with Crippen LogP contribution in [0.15, 0.2) is 24.3 Å². The van der Waals surface area contributed by atoms with Crippen LogP contribution in [0.3, 0.4) is 0 Å². The Bertz CT molecular complexity index is 475. The first-order valence-corrected chi connectivity index (χ1v) is 6.44. The van der Waals surface area contributed by atoms with E-state index in [0.29, 0.717) is 23.4 Å². The van der Waals surface area contributed by atoms with Crippen molar-refractivity contribution in [3.8, 4) is 0 Å². The SMILES string of the molecule is O=C1CCC(C(=O)NCC(O)c2ccc(Cl)cc2)N1. The van der Waals surface area contributed by atoms with Gasteiger partial charge in [-0.25, -0.2) is 0 Å². The maximum Gasteiger partial charge on any atom is 0.242 e. The van der Waals surface area contributed by atoms with Crippen LogP contribution in [0, 0.1) is 0 Å². The highest BCUT2D eigenvalue weighted by Crippen LogP contribution is 2.16. The summed E-state index contributed by atoms with van der Waals surface area (Å²) < 4.78 is 0. The molecule has 3 N–H and O–H groups in total. The second-order valence-corrected chi connectivity index (χ2v) is 4.91. The van der Waals surface area contributed by atoms with Gasteiger partial charge < -0.3 is 15.7 Å². The number of hydrogen-bond acceptors (Lipinski definition) is 3. The third-order valence-electron chi connectivity index (χ3n) is 3.04. The Morgan fingerprint density at radius 1 is 1.47 bits per heavy atom. The molecule has 2 atom stereocenters. The summed E-state index contributed by atoms with van der Waals surface area (Å²) >= 11 is 5.75. The Hall–Kier alpha value is -1.59. The maximum absolute atomic E-state index is 11.7. The average molecular weight is 283 g/mol. The van der Waals surface area contributed by atoms with Crippen molar-refractivity contribution in [2.24, 2.45) is 0 Å². The number of halogens is 1. The predicted molar refractivity (Wildman–Crippen MR) is 70.6 cm³/mol. The van der Waals surface area contributed by atoms with Gasteiger partial charge in [0.1, 0.15) is 6.04 Å². The van der Waals surface area contributed by atoms with Crippen LogP contribution in [-0.4, -0.2) is 29.5 Å². The van der Waals surface area contributed by atoms with E-state index in [-0.39, 0.29) is 18.4 Å². The second-order valence-electron chi connectivity index (χ2n) is 4.47. The molecule has 6 heteroatoms. The van der Waals surface area contributed by atoms with Gasteiger partial charge in [0.15, 0.2) is 0 Å². The van der Waals surface area contributed by atoms with Gasteiger partial charge in [-0.3, -0.25) is 9.59 Å². The molecule has 1 aliphatic heterocycles. The summed E-state index contributed by atoms with van der Waals surface area (Å²) in [6, 6.07) is 6.29. The Labute approximate surface area is 116 Å². The summed E-state index contributed by atoms with van der Waals surface area (Å²) in [6.07, 6.45) is 0.0813. The first kappa shape index (κ1) is 13.8.